The molecule has 0 aliphatic rings. The first-order chi connectivity index (χ1) is 12.6. The molecule has 0 spiro atoms. The number of ether oxygens (including phenoxy) is 1. The molecule has 0 bridgehead atoms. The fraction of sp³-hybridized carbons (Fsp3) is 0.526. The van der Waals surface area contributed by atoms with E-state index in [9.17, 15) is 0 Å². The molecular formula is C19H31IN6O. The highest BCUT2D eigenvalue weighted by Crippen LogP contribution is 2.05. The fourth-order valence-electron chi connectivity index (χ4n) is 2.50. The van der Waals surface area contributed by atoms with Gasteiger partial charge in [0.15, 0.2) is 11.8 Å². The van der Waals surface area contributed by atoms with E-state index < -0.39 is 0 Å². The van der Waals surface area contributed by atoms with Crippen LogP contribution in [-0.2, 0) is 24.9 Å². The number of nitrogens with zero attached hydrogens (tertiary/aromatic N) is 5. The van der Waals surface area contributed by atoms with Gasteiger partial charge < -0.3 is 19.5 Å². The van der Waals surface area contributed by atoms with Crippen LogP contribution in [0, 0.1) is 6.92 Å². The normalized spacial score (nSPS) is 11.2. The van der Waals surface area contributed by atoms with Crippen molar-refractivity contribution in [1.29, 1.82) is 0 Å². The van der Waals surface area contributed by atoms with Crippen LogP contribution in [0.4, 0.5) is 0 Å². The molecular weight excluding hydrogens is 455 g/mol. The summed E-state index contributed by atoms with van der Waals surface area (Å²) in [6.07, 6.45) is 0.940. The van der Waals surface area contributed by atoms with Crippen LogP contribution >= 0.6 is 24.0 Å². The number of hydrogen-bond acceptors (Lipinski definition) is 4. The molecule has 27 heavy (non-hydrogen) atoms. The van der Waals surface area contributed by atoms with E-state index in [-0.39, 0.29) is 24.0 Å². The third-order valence-corrected chi connectivity index (χ3v) is 4.13. The molecule has 0 amide bonds. The predicted octanol–water partition coefficient (Wildman–Crippen LogP) is 2.75. The minimum absolute atomic E-state index is 0. The largest absolute Gasteiger partial charge is 0.382 e. The van der Waals surface area contributed by atoms with Gasteiger partial charge in [-0.15, -0.1) is 34.2 Å². The zero-order chi connectivity index (χ0) is 18.8. The number of benzene rings is 1. The van der Waals surface area contributed by atoms with Crippen LogP contribution in [-0.4, -0.2) is 52.4 Å². The molecule has 0 radical (unpaired) electrons. The van der Waals surface area contributed by atoms with E-state index in [0.29, 0.717) is 6.54 Å². The zero-order valence-electron chi connectivity index (χ0n) is 16.7. The Hall–Kier alpha value is -1.68. The van der Waals surface area contributed by atoms with E-state index >= 15 is 0 Å². The van der Waals surface area contributed by atoms with Gasteiger partial charge in [0.25, 0.3) is 0 Å². The van der Waals surface area contributed by atoms with Crippen LogP contribution in [0.15, 0.2) is 35.3 Å². The summed E-state index contributed by atoms with van der Waals surface area (Å²) in [5.74, 6) is 2.59. The van der Waals surface area contributed by atoms with Gasteiger partial charge in [-0.05, 0) is 25.8 Å². The number of aromatic nitrogens is 3. The SMILES string of the molecule is CCOCCCNC(=NCc1nnc(C)n1C)N(C)Cc1ccccc1.I. The summed E-state index contributed by atoms with van der Waals surface area (Å²) in [6.45, 7) is 7.55. The van der Waals surface area contributed by atoms with E-state index in [2.05, 4.69) is 44.7 Å². The Bertz CT molecular complexity index is 689. The maximum atomic E-state index is 5.40. The summed E-state index contributed by atoms with van der Waals surface area (Å²) < 4.78 is 7.37. The topological polar surface area (TPSA) is 67.6 Å². The van der Waals surface area contributed by atoms with E-state index in [1.807, 2.05) is 38.6 Å². The lowest BCUT2D eigenvalue weighted by Gasteiger charge is -2.22. The molecule has 7 nitrogen and oxygen atoms in total. The van der Waals surface area contributed by atoms with Crippen molar-refractivity contribution < 1.29 is 4.74 Å². The quantitative estimate of drug-likeness (QED) is 0.256. The van der Waals surface area contributed by atoms with Crippen molar-refractivity contribution in [2.45, 2.75) is 33.4 Å². The first kappa shape index (κ1) is 23.4. The maximum Gasteiger partial charge on any atom is 0.194 e. The molecule has 150 valence electrons. The number of aliphatic imine (C=N–C) groups is 1. The molecule has 0 saturated heterocycles. The Morgan fingerprint density at radius 1 is 1.26 bits per heavy atom. The predicted molar refractivity (Wildman–Crippen MR) is 119 cm³/mol. The zero-order valence-corrected chi connectivity index (χ0v) is 19.0. The molecule has 0 unspecified atom stereocenters. The third kappa shape index (κ3) is 7.84. The van der Waals surface area contributed by atoms with E-state index in [1.54, 1.807) is 0 Å². The summed E-state index contributed by atoms with van der Waals surface area (Å²) in [5, 5.41) is 11.7. The lowest BCUT2D eigenvalue weighted by molar-refractivity contribution is 0.145. The summed E-state index contributed by atoms with van der Waals surface area (Å²) >= 11 is 0. The number of halogens is 1. The molecule has 1 aromatic heterocycles. The Labute approximate surface area is 179 Å². The monoisotopic (exact) mass is 486 g/mol. The summed E-state index contributed by atoms with van der Waals surface area (Å²) in [5.41, 5.74) is 1.24. The first-order valence-electron chi connectivity index (χ1n) is 9.07. The Morgan fingerprint density at radius 3 is 2.63 bits per heavy atom. The van der Waals surface area contributed by atoms with Gasteiger partial charge in [0.05, 0.1) is 0 Å². The van der Waals surface area contributed by atoms with Gasteiger partial charge in [0.1, 0.15) is 12.4 Å². The van der Waals surface area contributed by atoms with Crippen molar-refractivity contribution in [2.24, 2.45) is 12.0 Å². The van der Waals surface area contributed by atoms with Gasteiger partial charge in [0.2, 0.25) is 0 Å². The fourth-order valence-corrected chi connectivity index (χ4v) is 2.50. The highest BCUT2D eigenvalue weighted by molar-refractivity contribution is 14.0. The average Bonchev–Trinajstić information content (AvgIpc) is 2.96. The van der Waals surface area contributed by atoms with Crippen LogP contribution in [0.1, 0.15) is 30.6 Å². The summed E-state index contributed by atoms with van der Waals surface area (Å²) in [4.78, 5) is 6.87. The number of hydrogen-bond donors (Lipinski definition) is 1. The highest BCUT2D eigenvalue weighted by atomic mass is 127. The van der Waals surface area contributed by atoms with Gasteiger partial charge in [0, 0.05) is 40.4 Å². The second kappa shape index (κ2) is 12.7. The molecule has 0 atom stereocenters. The van der Waals surface area contributed by atoms with Crippen LogP contribution in [0.2, 0.25) is 0 Å². The Kier molecular flexibility index (Phi) is 11.0. The molecule has 2 rings (SSSR count). The second-order valence-corrected chi connectivity index (χ2v) is 6.18. The standard InChI is InChI=1S/C19H30N6O.HI/c1-5-26-13-9-12-20-19(21-14-18-23-22-16(2)25(18)4)24(3)15-17-10-7-6-8-11-17;/h6-8,10-11H,5,9,12-15H2,1-4H3,(H,20,21);1H. The number of guanidine groups is 1. The molecule has 1 N–H and O–H groups in total. The van der Waals surface area contributed by atoms with Crippen LogP contribution < -0.4 is 5.32 Å². The first-order valence-corrected chi connectivity index (χ1v) is 9.07. The Balaban J connectivity index is 0.00000364. The highest BCUT2D eigenvalue weighted by Gasteiger charge is 2.09. The van der Waals surface area contributed by atoms with Crippen molar-refractivity contribution in [1.82, 2.24) is 25.0 Å². The lowest BCUT2D eigenvalue weighted by atomic mass is 10.2. The molecule has 1 heterocycles. The number of aryl methyl sites for hydroxylation is 1. The average molecular weight is 486 g/mol. The van der Waals surface area contributed by atoms with Crippen molar-refractivity contribution in [3.05, 3.63) is 47.5 Å². The molecule has 1 aromatic carbocycles. The van der Waals surface area contributed by atoms with Crippen molar-refractivity contribution >= 4 is 29.9 Å². The number of rotatable bonds is 9. The molecule has 0 fully saturated rings. The van der Waals surface area contributed by atoms with E-state index in [4.69, 9.17) is 9.73 Å². The molecule has 2 aromatic rings. The molecule has 8 heteroatoms. The summed E-state index contributed by atoms with van der Waals surface area (Å²) in [6, 6.07) is 10.4. The Morgan fingerprint density at radius 2 is 2.00 bits per heavy atom. The molecule has 0 aliphatic heterocycles. The van der Waals surface area contributed by atoms with Gasteiger partial charge in [-0.3, -0.25) is 0 Å². The van der Waals surface area contributed by atoms with Gasteiger partial charge in [-0.2, -0.15) is 0 Å². The minimum Gasteiger partial charge on any atom is -0.382 e. The van der Waals surface area contributed by atoms with Gasteiger partial charge >= 0.3 is 0 Å². The third-order valence-electron chi connectivity index (χ3n) is 4.13. The second-order valence-electron chi connectivity index (χ2n) is 6.18. The van der Waals surface area contributed by atoms with Crippen molar-refractivity contribution in [3.63, 3.8) is 0 Å². The number of nitrogens with one attached hydrogen (secondary N) is 1. The van der Waals surface area contributed by atoms with Gasteiger partial charge in [-0.1, -0.05) is 30.3 Å². The molecule has 0 saturated carbocycles. The van der Waals surface area contributed by atoms with Crippen molar-refractivity contribution in [3.8, 4) is 0 Å². The maximum absolute atomic E-state index is 5.40. The van der Waals surface area contributed by atoms with E-state index in [1.165, 1.54) is 5.56 Å². The summed E-state index contributed by atoms with van der Waals surface area (Å²) in [7, 11) is 4.01. The molecule has 0 aliphatic carbocycles. The smallest absolute Gasteiger partial charge is 0.194 e. The van der Waals surface area contributed by atoms with Crippen LogP contribution in [0.3, 0.4) is 0 Å². The van der Waals surface area contributed by atoms with Gasteiger partial charge in [-0.25, -0.2) is 4.99 Å². The minimum atomic E-state index is 0. The van der Waals surface area contributed by atoms with Crippen LogP contribution in [0.5, 0.6) is 0 Å². The lowest BCUT2D eigenvalue weighted by Crippen LogP contribution is -2.39. The van der Waals surface area contributed by atoms with E-state index in [0.717, 1.165) is 50.3 Å². The van der Waals surface area contributed by atoms with Crippen LogP contribution in [0.25, 0.3) is 0 Å². The van der Waals surface area contributed by atoms with Crippen molar-refractivity contribution in [2.75, 3.05) is 26.8 Å².